The van der Waals surface area contributed by atoms with Gasteiger partial charge in [-0.15, -0.1) is 12.4 Å². The molecule has 6 heteroatoms. The molecule has 0 atom stereocenters. The molecule has 1 fully saturated rings. The van der Waals surface area contributed by atoms with Crippen LogP contribution in [0.2, 0.25) is 0 Å². The van der Waals surface area contributed by atoms with Crippen molar-refractivity contribution < 1.29 is 14.3 Å². The quantitative estimate of drug-likeness (QED) is 0.781. The Morgan fingerprint density at radius 3 is 2.57 bits per heavy atom. The van der Waals surface area contributed by atoms with Crippen LogP contribution < -0.4 is 10.6 Å². The number of esters is 1. The van der Waals surface area contributed by atoms with Gasteiger partial charge < -0.3 is 15.4 Å². The number of halogens is 1. The number of rotatable bonds is 6. The predicted octanol–water partition coefficient (Wildman–Crippen LogP) is 3.15. The summed E-state index contributed by atoms with van der Waals surface area (Å²) in [5.41, 5.74) is 0.881. The lowest BCUT2D eigenvalue weighted by atomic mass is 9.95. The third-order valence-electron chi connectivity index (χ3n) is 3.85. The summed E-state index contributed by atoms with van der Waals surface area (Å²) in [6.45, 7) is 2.33. The van der Waals surface area contributed by atoms with Gasteiger partial charge in [-0.05, 0) is 31.9 Å². The molecule has 0 radical (unpaired) electrons. The zero-order chi connectivity index (χ0) is 15.8. The molecule has 1 amide bonds. The summed E-state index contributed by atoms with van der Waals surface area (Å²) < 4.78 is 5.00. The Balaban J connectivity index is 0.00000264. The number of nitrogens with one attached hydrogen (secondary N) is 2. The first-order chi connectivity index (χ1) is 10.7. The third-order valence-corrected chi connectivity index (χ3v) is 3.85. The lowest BCUT2D eigenvalue weighted by molar-refractivity contribution is -0.115. The van der Waals surface area contributed by atoms with Crippen molar-refractivity contribution in [2.24, 2.45) is 0 Å². The van der Waals surface area contributed by atoms with Gasteiger partial charge >= 0.3 is 5.97 Å². The summed E-state index contributed by atoms with van der Waals surface area (Å²) in [5.74, 6) is -0.555. The number of carbonyl (C=O) groups is 2. The van der Waals surface area contributed by atoms with E-state index in [0.29, 0.717) is 23.9 Å². The summed E-state index contributed by atoms with van der Waals surface area (Å²) in [7, 11) is 0. The highest BCUT2D eigenvalue weighted by Crippen LogP contribution is 2.18. The van der Waals surface area contributed by atoms with E-state index >= 15 is 0 Å². The molecule has 0 aliphatic heterocycles. The van der Waals surface area contributed by atoms with Crippen molar-refractivity contribution >= 4 is 30.0 Å². The van der Waals surface area contributed by atoms with E-state index in [0.717, 1.165) is 12.8 Å². The number of benzene rings is 1. The molecular formula is C17H25ClN2O3. The second kappa shape index (κ2) is 10.2. The zero-order valence-electron chi connectivity index (χ0n) is 13.5. The molecule has 1 saturated carbocycles. The molecule has 2 rings (SSSR count). The minimum Gasteiger partial charge on any atom is -0.462 e. The molecule has 0 bridgehead atoms. The van der Waals surface area contributed by atoms with Gasteiger partial charge in [0.2, 0.25) is 5.91 Å². The van der Waals surface area contributed by atoms with Gasteiger partial charge in [0, 0.05) is 6.04 Å². The number of ether oxygens (including phenoxy) is 1. The van der Waals surface area contributed by atoms with Crippen LogP contribution in [-0.2, 0) is 9.53 Å². The van der Waals surface area contributed by atoms with Crippen molar-refractivity contribution in [2.45, 2.75) is 45.1 Å². The molecule has 0 spiro atoms. The van der Waals surface area contributed by atoms with E-state index in [-0.39, 0.29) is 24.9 Å². The third kappa shape index (κ3) is 6.20. The summed E-state index contributed by atoms with van der Waals surface area (Å²) in [5, 5.41) is 6.07. The van der Waals surface area contributed by atoms with Crippen molar-refractivity contribution in [3.63, 3.8) is 0 Å². The van der Waals surface area contributed by atoms with Gasteiger partial charge in [0.1, 0.15) is 0 Å². The molecule has 0 aromatic heterocycles. The van der Waals surface area contributed by atoms with Crippen molar-refractivity contribution in [3.05, 3.63) is 29.8 Å². The van der Waals surface area contributed by atoms with Gasteiger partial charge in [0.15, 0.2) is 0 Å². The fraction of sp³-hybridized carbons (Fsp3) is 0.529. The molecule has 1 aliphatic rings. The Kier molecular flexibility index (Phi) is 8.66. The SMILES string of the molecule is CCOC(=O)c1ccccc1NC(=O)CNC1CCCCC1.Cl. The maximum absolute atomic E-state index is 12.1. The van der Waals surface area contributed by atoms with Crippen LogP contribution in [0.5, 0.6) is 0 Å². The van der Waals surface area contributed by atoms with Crippen LogP contribution in [0.25, 0.3) is 0 Å². The lowest BCUT2D eigenvalue weighted by Gasteiger charge is -2.22. The van der Waals surface area contributed by atoms with Crippen LogP contribution in [0, 0.1) is 0 Å². The number of amides is 1. The van der Waals surface area contributed by atoms with Gasteiger partial charge in [-0.1, -0.05) is 31.4 Å². The van der Waals surface area contributed by atoms with Crippen LogP contribution in [0.15, 0.2) is 24.3 Å². The van der Waals surface area contributed by atoms with E-state index in [1.54, 1.807) is 31.2 Å². The molecule has 1 aromatic carbocycles. The van der Waals surface area contributed by atoms with Gasteiger partial charge in [0.05, 0.1) is 24.4 Å². The summed E-state index contributed by atoms with van der Waals surface area (Å²) in [4.78, 5) is 23.9. The van der Waals surface area contributed by atoms with Crippen LogP contribution in [-0.4, -0.2) is 31.1 Å². The smallest absolute Gasteiger partial charge is 0.340 e. The highest BCUT2D eigenvalue weighted by molar-refractivity contribution is 6.01. The standard InChI is InChI=1S/C17H24N2O3.ClH/c1-2-22-17(21)14-10-6-7-11-15(14)19-16(20)12-18-13-8-4-3-5-9-13;/h6-7,10-11,13,18H,2-5,8-9,12H2,1H3,(H,19,20);1H. The largest absolute Gasteiger partial charge is 0.462 e. The summed E-state index contributed by atoms with van der Waals surface area (Å²) >= 11 is 0. The molecule has 0 unspecified atom stereocenters. The first kappa shape index (κ1) is 19.5. The number of hydrogen-bond acceptors (Lipinski definition) is 4. The van der Waals surface area contributed by atoms with E-state index in [9.17, 15) is 9.59 Å². The van der Waals surface area contributed by atoms with Gasteiger partial charge in [0.25, 0.3) is 0 Å². The van der Waals surface area contributed by atoms with E-state index in [2.05, 4.69) is 10.6 Å². The second-order valence-electron chi connectivity index (χ2n) is 5.53. The highest BCUT2D eigenvalue weighted by atomic mass is 35.5. The maximum atomic E-state index is 12.1. The van der Waals surface area contributed by atoms with Crippen molar-refractivity contribution in [1.29, 1.82) is 0 Å². The van der Waals surface area contributed by atoms with E-state index < -0.39 is 5.97 Å². The second-order valence-corrected chi connectivity index (χ2v) is 5.53. The first-order valence-electron chi connectivity index (χ1n) is 8.00. The minimum absolute atomic E-state index is 0. The zero-order valence-corrected chi connectivity index (χ0v) is 14.3. The fourth-order valence-electron chi connectivity index (χ4n) is 2.72. The van der Waals surface area contributed by atoms with Crippen molar-refractivity contribution in [1.82, 2.24) is 5.32 Å². The Labute approximate surface area is 143 Å². The molecule has 1 aromatic rings. The van der Waals surface area contributed by atoms with Crippen LogP contribution in [0.3, 0.4) is 0 Å². The number of para-hydroxylation sites is 1. The Morgan fingerprint density at radius 2 is 1.87 bits per heavy atom. The monoisotopic (exact) mass is 340 g/mol. The molecule has 128 valence electrons. The Morgan fingerprint density at radius 1 is 1.17 bits per heavy atom. The molecule has 5 nitrogen and oxygen atoms in total. The van der Waals surface area contributed by atoms with Crippen molar-refractivity contribution in [3.8, 4) is 0 Å². The normalized spacial score (nSPS) is 14.7. The van der Waals surface area contributed by atoms with Gasteiger partial charge in [-0.2, -0.15) is 0 Å². The number of anilines is 1. The van der Waals surface area contributed by atoms with Crippen LogP contribution in [0.4, 0.5) is 5.69 Å². The van der Waals surface area contributed by atoms with E-state index in [4.69, 9.17) is 4.74 Å². The molecule has 23 heavy (non-hydrogen) atoms. The van der Waals surface area contributed by atoms with Gasteiger partial charge in [-0.3, -0.25) is 4.79 Å². The Bertz CT molecular complexity index is 516. The van der Waals surface area contributed by atoms with Crippen LogP contribution >= 0.6 is 12.4 Å². The molecule has 0 saturated heterocycles. The first-order valence-corrected chi connectivity index (χ1v) is 8.00. The van der Waals surface area contributed by atoms with E-state index in [1.807, 2.05) is 0 Å². The minimum atomic E-state index is -0.418. The maximum Gasteiger partial charge on any atom is 0.340 e. The molecule has 1 aliphatic carbocycles. The topological polar surface area (TPSA) is 67.4 Å². The van der Waals surface area contributed by atoms with E-state index in [1.165, 1.54) is 19.3 Å². The lowest BCUT2D eigenvalue weighted by Crippen LogP contribution is -2.37. The highest BCUT2D eigenvalue weighted by Gasteiger charge is 2.16. The van der Waals surface area contributed by atoms with Crippen molar-refractivity contribution in [2.75, 3.05) is 18.5 Å². The fourth-order valence-corrected chi connectivity index (χ4v) is 2.72. The summed E-state index contributed by atoms with van der Waals surface area (Å²) in [6, 6.07) is 7.34. The predicted molar refractivity (Wildman–Crippen MR) is 93.2 cm³/mol. The van der Waals surface area contributed by atoms with Gasteiger partial charge in [-0.25, -0.2) is 4.79 Å². The average Bonchev–Trinajstić information content (AvgIpc) is 2.54. The molecular weight excluding hydrogens is 316 g/mol. The number of carbonyl (C=O) groups excluding carboxylic acids is 2. The number of hydrogen-bond donors (Lipinski definition) is 2. The summed E-state index contributed by atoms with van der Waals surface area (Å²) in [6.07, 6.45) is 6.01. The molecule has 2 N–H and O–H groups in total. The Hall–Kier alpha value is -1.59. The molecule has 0 heterocycles. The van der Waals surface area contributed by atoms with Crippen LogP contribution in [0.1, 0.15) is 49.4 Å². The average molecular weight is 341 g/mol.